The number of hydrogen-bond donors (Lipinski definition) is 2. The zero-order valence-corrected chi connectivity index (χ0v) is 14.6. The molecule has 1 amide bonds. The Morgan fingerprint density at radius 1 is 1.27 bits per heavy atom. The van der Waals surface area contributed by atoms with E-state index in [9.17, 15) is 24.8 Å². The summed E-state index contributed by atoms with van der Waals surface area (Å²) >= 11 is 5.11. The second-order valence-electron chi connectivity index (χ2n) is 4.96. The van der Waals surface area contributed by atoms with Crippen LogP contribution in [0, 0.1) is 17.0 Å². The van der Waals surface area contributed by atoms with Gasteiger partial charge in [-0.2, -0.15) is 0 Å². The molecule has 2 aromatic rings. The average molecular weight is 381 g/mol. The van der Waals surface area contributed by atoms with E-state index in [-0.39, 0.29) is 23.6 Å². The number of nitro benzene ring substituents is 1. The molecule has 0 aliphatic heterocycles. The topological polar surface area (TPSA) is 133 Å². The van der Waals surface area contributed by atoms with E-state index < -0.39 is 16.8 Å². The van der Waals surface area contributed by atoms with Crippen LogP contribution < -0.4 is 5.73 Å². The minimum absolute atomic E-state index is 0.112. The number of carbonyl (C=O) groups excluding carboxylic acids is 2. The molecule has 2 aromatic carbocycles. The van der Waals surface area contributed by atoms with Crippen molar-refractivity contribution in [3.8, 4) is 5.75 Å². The molecule has 0 aliphatic carbocycles. The molecular formula is C17H17ClN2O6. The normalized spacial score (nSPS) is 9.62. The highest BCUT2D eigenvalue weighted by atomic mass is 35.5. The largest absolute Gasteiger partial charge is 0.508 e. The number of halogens is 1. The number of nitrogens with two attached hydrogens (primary N) is 1. The number of benzene rings is 2. The number of carbonyl (C=O) groups is 2. The van der Waals surface area contributed by atoms with Crippen LogP contribution >= 0.6 is 11.6 Å². The molecule has 3 N–H and O–H groups in total. The second kappa shape index (κ2) is 10.00. The number of aryl methyl sites for hydroxylation is 1. The second-order valence-corrected chi connectivity index (χ2v) is 5.34. The minimum atomic E-state index is -0.777. The molecule has 26 heavy (non-hydrogen) atoms. The summed E-state index contributed by atoms with van der Waals surface area (Å²) in [5.74, 6) is -0.323. The van der Waals surface area contributed by atoms with Gasteiger partial charge in [0.2, 0.25) is 0 Å². The first-order valence-corrected chi connectivity index (χ1v) is 7.87. The summed E-state index contributed by atoms with van der Waals surface area (Å²) in [7, 11) is 0. The molecular weight excluding hydrogens is 364 g/mol. The molecule has 0 unspecified atom stereocenters. The van der Waals surface area contributed by atoms with Crippen LogP contribution in [0.25, 0.3) is 0 Å². The molecule has 0 aliphatic rings. The smallest absolute Gasteiger partial charge is 0.404 e. The lowest BCUT2D eigenvalue weighted by atomic mass is 10.00. The number of primary amides is 1. The Morgan fingerprint density at radius 2 is 1.88 bits per heavy atom. The SMILES string of the molecule is Cc1cc([N+](=O)[O-])c(C(=O)c2ccccc2)cc1O.NC(=O)OCCCl. The van der Waals surface area contributed by atoms with E-state index >= 15 is 0 Å². The Balaban J connectivity index is 0.000000412. The van der Waals surface area contributed by atoms with Gasteiger partial charge in [-0.05, 0) is 18.6 Å². The van der Waals surface area contributed by atoms with Crippen molar-refractivity contribution < 1.29 is 24.4 Å². The van der Waals surface area contributed by atoms with Crippen molar-refractivity contribution >= 4 is 29.2 Å². The van der Waals surface area contributed by atoms with Crippen LogP contribution in [0.5, 0.6) is 5.75 Å². The van der Waals surface area contributed by atoms with Gasteiger partial charge in [-0.15, -0.1) is 11.6 Å². The van der Waals surface area contributed by atoms with E-state index in [1.807, 2.05) is 0 Å². The lowest BCUT2D eigenvalue weighted by molar-refractivity contribution is -0.385. The van der Waals surface area contributed by atoms with Crippen molar-refractivity contribution in [1.29, 1.82) is 0 Å². The van der Waals surface area contributed by atoms with E-state index in [0.717, 1.165) is 6.07 Å². The number of ether oxygens (including phenoxy) is 1. The lowest BCUT2D eigenvalue weighted by Gasteiger charge is -2.05. The quantitative estimate of drug-likeness (QED) is 0.354. The van der Waals surface area contributed by atoms with Gasteiger partial charge in [-0.1, -0.05) is 30.3 Å². The predicted octanol–water partition coefficient (Wildman–Crippen LogP) is 3.16. The maximum atomic E-state index is 12.2. The molecule has 0 saturated heterocycles. The predicted molar refractivity (Wildman–Crippen MR) is 95.6 cm³/mol. The highest BCUT2D eigenvalue weighted by Gasteiger charge is 2.23. The molecule has 0 fully saturated rings. The zero-order valence-electron chi connectivity index (χ0n) is 13.8. The fraction of sp³-hybridized carbons (Fsp3) is 0.176. The Kier molecular flexibility index (Phi) is 8.04. The van der Waals surface area contributed by atoms with Gasteiger partial charge in [-0.3, -0.25) is 14.9 Å². The number of phenols is 1. The molecule has 0 bridgehead atoms. The van der Waals surface area contributed by atoms with Crippen molar-refractivity contribution in [3.63, 3.8) is 0 Å². The number of ketones is 1. The first-order chi connectivity index (χ1) is 12.3. The van der Waals surface area contributed by atoms with Crippen molar-refractivity contribution in [1.82, 2.24) is 0 Å². The number of alkyl halides is 1. The van der Waals surface area contributed by atoms with Gasteiger partial charge in [0.25, 0.3) is 5.69 Å². The number of nitro groups is 1. The number of phenolic OH excluding ortho intramolecular Hbond substituents is 1. The maximum Gasteiger partial charge on any atom is 0.404 e. The fourth-order valence-corrected chi connectivity index (χ4v) is 1.98. The maximum absolute atomic E-state index is 12.2. The third kappa shape index (κ3) is 6.06. The molecule has 0 heterocycles. The van der Waals surface area contributed by atoms with Crippen LogP contribution in [-0.4, -0.2) is 34.4 Å². The number of rotatable bonds is 5. The molecule has 138 valence electrons. The summed E-state index contributed by atoms with van der Waals surface area (Å²) in [5.41, 5.74) is 4.84. The molecule has 0 spiro atoms. The molecule has 9 heteroatoms. The van der Waals surface area contributed by atoms with Crippen LogP contribution in [0.1, 0.15) is 21.5 Å². The number of nitrogens with zero attached hydrogens (tertiary/aromatic N) is 1. The van der Waals surface area contributed by atoms with Crippen molar-refractivity contribution in [2.24, 2.45) is 5.73 Å². The van der Waals surface area contributed by atoms with Gasteiger partial charge < -0.3 is 15.6 Å². The summed E-state index contributed by atoms with van der Waals surface area (Å²) < 4.78 is 4.20. The highest BCUT2D eigenvalue weighted by Crippen LogP contribution is 2.29. The van der Waals surface area contributed by atoms with Crippen LogP contribution in [0.3, 0.4) is 0 Å². The van der Waals surface area contributed by atoms with E-state index in [0.29, 0.717) is 17.0 Å². The molecule has 8 nitrogen and oxygen atoms in total. The van der Waals surface area contributed by atoms with Crippen molar-refractivity contribution in [3.05, 3.63) is 69.3 Å². The molecule has 0 radical (unpaired) electrons. The van der Waals surface area contributed by atoms with E-state index in [4.69, 9.17) is 11.6 Å². The van der Waals surface area contributed by atoms with Crippen LogP contribution in [-0.2, 0) is 4.74 Å². The van der Waals surface area contributed by atoms with Crippen molar-refractivity contribution in [2.75, 3.05) is 12.5 Å². The first kappa shape index (κ1) is 20.9. The average Bonchev–Trinajstić information content (AvgIpc) is 2.62. The van der Waals surface area contributed by atoms with Crippen LogP contribution in [0.15, 0.2) is 42.5 Å². The third-order valence-corrected chi connectivity index (χ3v) is 3.27. The van der Waals surface area contributed by atoms with E-state index in [1.54, 1.807) is 37.3 Å². The summed E-state index contributed by atoms with van der Waals surface area (Å²) in [6, 6.07) is 10.6. The minimum Gasteiger partial charge on any atom is -0.508 e. The molecule has 2 rings (SSSR count). The van der Waals surface area contributed by atoms with E-state index in [1.165, 1.54) is 6.07 Å². The van der Waals surface area contributed by atoms with Crippen LogP contribution in [0.2, 0.25) is 0 Å². The lowest BCUT2D eigenvalue weighted by Crippen LogP contribution is -2.13. The van der Waals surface area contributed by atoms with Gasteiger partial charge in [0, 0.05) is 11.6 Å². The number of amides is 1. The van der Waals surface area contributed by atoms with E-state index in [2.05, 4.69) is 10.5 Å². The fourth-order valence-electron chi connectivity index (χ4n) is 1.90. The molecule has 0 aromatic heterocycles. The molecule has 0 saturated carbocycles. The summed E-state index contributed by atoms with van der Waals surface area (Å²) in [6.45, 7) is 1.73. The monoisotopic (exact) mass is 380 g/mol. The van der Waals surface area contributed by atoms with Gasteiger partial charge in [0.1, 0.15) is 17.9 Å². The molecule has 0 atom stereocenters. The van der Waals surface area contributed by atoms with Gasteiger partial charge in [0.05, 0.1) is 10.8 Å². The Labute approximate surface area is 154 Å². The Morgan fingerprint density at radius 3 is 2.35 bits per heavy atom. The third-order valence-electron chi connectivity index (χ3n) is 3.11. The van der Waals surface area contributed by atoms with Crippen molar-refractivity contribution in [2.45, 2.75) is 6.92 Å². The van der Waals surface area contributed by atoms with Gasteiger partial charge in [0.15, 0.2) is 5.78 Å². The number of aromatic hydroxyl groups is 1. The van der Waals surface area contributed by atoms with Gasteiger partial charge >= 0.3 is 6.09 Å². The van der Waals surface area contributed by atoms with Crippen LogP contribution in [0.4, 0.5) is 10.5 Å². The van der Waals surface area contributed by atoms with Gasteiger partial charge in [-0.25, -0.2) is 4.79 Å². The summed E-state index contributed by atoms with van der Waals surface area (Å²) in [5, 5.41) is 20.6. The number of hydrogen-bond acceptors (Lipinski definition) is 6. The zero-order chi connectivity index (χ0) is 19.7. The highest BCUT2D eigenvalue weighted by molar-refractivity contribution is 6.18. The Bertz CT molecular complexity index is 795. The standard InChI is InChI=1S/C14H11NO4.C3H6ClNO2/c1-9-7-12(15(18)19)11(8-13(9)16)14(17)10-5-3-2-4-6-10;4-1-2-7-3(5)6/h2-8,16H,1H3;1-2H2,(H2,5,6). The summed E-state index contributed by atoms with van der Waals surface area (Å²) in [4.78, 5) is 32.3. The Hall–Kier alpha value is -3.13. The summed E-state index contributed by atoms with van der Waals surface area (Å²) in [6.07, 6.45) is -0.777. The first-order valence-electron chi connectivity index (χ1n) is 7.33.